The number of carbonyl (C=O) groups excluding carboxylic acids is 1. The topological polar surface area (TPSA) is 95.1 Å². The van der Waals surface area contributed by atoms with Crippen molar-refractivity contribution in [3.63, 3.8) is 0 Å². The molecule has 0 saturated carbocycles. The van der Waals surface area contributed by atoms with Gasteiger partial charge in [0.1, 0.15) is 28.8 Å². The van der Waals surface area contributed by atoms with E-state index in [1.54, 1.807) is 23.2 Å². The molecule has 164 valence electrons. The number of nitrogens with two attached hydrogens (primary N) is 1. The first kappa shape index (κ1) is 21.8. The van der Waals surface area contributed by atoms with Crippen molar-refractivity contribution in [2.45, 2.75) is 31.2 Å². The molecule has 0 bridgehead atoms. The summed E-state index contributed by atoms with van der Waals surface area (Å²) in [5.74, 6) is -0.988. The van der Waals surface area contributed by atoms with E-state index in [0.717, 1.165) is 11.3 Å². The molecule has 3 N–H and O–H groups in total. The van der Waals surface area contributed by atoms with Crippen molar-refractivity contribution in [3.8, 4) is 10.6 Å². The van der Waals surface area contributed by atoms with Crippen LogP contribution < -0.4 is 11.1 Å². The number of anilines is 1. The molecule has 11 heteroatoms. The first-order valence-electron chi connectivity index (χ1n) is 9.59. The average Bonchev–Trinajstić information content (AvgIpc) is 3.31. The van der Waals surface area contributed by atoms with Gasteiger partial charge in [-0.1, -0.05) is 11.6 Å². The van der Waals surface area contributed by atoms with Crippen LogP contribution in [-0.2, 0) is 11.8 Å². The number of amides is 1. The second-order valence-electron chi connectivity index (χ2n) is 7.26. The molecular formula is C20H20ClF2N5O2S. The largest absolute Gasteiger partial charge is 0.369 e. The highest BCUT2D eigenvalue weighted by Crippen LogP contribution is 2.33. The van der Waals surface area contributed by atoms with E-state index in [-0.39, 0.29) is 22.9 Å². The molecule has 3 heterocycles. The zero-order valence-electron chi connectivity index (χ0n) is 16.5. The fourth-order valence-electron chi connectivity index (χ4n) is 3.43. The van der Waals surface area contributed by atoms with Crippen LogP contribution in [0.4, 0.5) is 14.5 Å². The number of alkyl halides is 1. The van der Waals surface area contributed by atoms with Crippen molar-refractivity contribution in [1.82, 2.24) is 14.8 Å². The Bertz CT molecular complexity index is 1090. The van der Waals surface area contributed by atoms with Crippen molar-refractivity contribution in [3.05, 3.63) is 52.0 Å². The van der Waals surface area contributed by atoms with Crippen molar-refractivity contribution in [2.75, 3.05) is 11.9 Å². The third-order valence-corrected chi connectivity index (χ3v) is 6.23. The normalized spacial score (nSPS) is 21.6. The minimum Gasteiger partial charge on any atom is -0.369 e. The molecule has 1 saturated heterocycles. The third kappa shape index (κ3) is 4.62. The third-order valence-electron chi connectivity index (χ3n) is 5.12. The molecule has 7 nitrogen and oxygen atoms in total. The van der Waals surface area contributed by atoms with E-state index in [2.05, 4.69) is 15.4 Å². The minimum absolute atomic E-state index is 0.119. The van der Waals surface area contributed by atoms with Gasteiger partial charge in [0.25, 0.3) is 5.91 Å². The Kier molecular flexibility index (Phi) is 6.33. The first-order valence-corrected chi connectivity index (χ1v) is 10.8. The Morgan fingerprint density at radius 1 is 1.42 bits per heavy atom. The quantitative estimate of drug-likeness (QED) is 0.602. The number of thiazole rings is 1. The maximum absolute atomic E-state index is 14.2. The summed E-state index contributed by atoms with van der Waals surface area (Å²) < 4.78 is 35.3. The van der Waals surface area contributed by atoms with Gasteiger partial charge in [-0.3, -0.25) is 9.48 Å². The number of aryl methyl sites for hydroxylation is 1. The van der Waals surface area contributed by atoms with Crippen LogP contribution in [0.2, 0.25) is 5.02 Å². The molecule has 0 aliphatic carbocycles. The highest BCUT2D eigenvalue weighted by molar-refractivity contribution is 7.13. The van der Waals surface area contributed by atoms with E-state index in [9.17, 15) is 13.6 Å². The predicted molar refractivity (Wildman–Crippen MR) is 114 cm³/mol. The lowest BCUT2D eigenvalue weighted by atomic mass is 10.0. The highest BCUT2D eigenvalue weighted by atomic mass is 35.5. The maximum Gasteiger partial charge on any atom is 0.275 e. The fourth-order valence-corrected chi connectivity index (χ4v) is 4.42. The van der Waals surface area contributed by atoms with Gasteiger partial charge in [-0.2, -0.15) is 5.10 Å². The van der Waals surface area contributed by atoms with Gasteiger partial charge in [-0.05, 0) is 31.0 Å². The van der Waals surface area contributed by atoms with E-state index in [1.165, 1.54) is 18.3 Å². The molecule has 2 aromatic heterocycles. The number of hydrogen-bond donors (Lipinski definition) is 2. The number of carbonyl (C=O) groups is 1. The number of hydrogen-bond acceptors (Lipinski definition) is 6. The van der Waals surface area contributed by atoms with Gasteiger partial charge in [0, 0.05) is 29.1 Å². The number of ether oxygens (including phenoxy) is 1. The molecule has 0 radical (unpaired) electrons. The molecule has 31 heavy (non-hydrogen) atoms. The minimum atomic E-state index is -1.24. The highest BCUT2D eigenvalue weighted by Gasteiger charge is 2.30. The van der Waals surface area contributed by atoms with Gasteiger partial charge < -0.3 is 15.8 Å². The maximum atomic E-state index is 14.2. The molecule has 1 aromatic carbocycles. The first-order chi connectivity index (χ1) is 14.8. The van der Waals surface area contributed by atoms with E-state index in [1.807, 2.05) is 0 Å². The number of rotatable bonds is 4. The lowest BCUT2D eigenvalue weighted by Gasteiger charge is -2.17. The lowest BCUT2D eigenvalue weighted by molar-refractivity contribution is 0.0247. The predicted octanol–water partition coefficient (Wildman–Crippen LogP) is 4.11. The average molecular weight is 468 g/mol. The van der Waals surface area contributed by atoms with Crippen LogP contribution >= 0.6 is 22.9 Å². The number of benzene rings is 1. The lowest BCUT2D eigenvalue weighted by Crippen LogP contribution is -2.32. The summed E-state index contributed by atoms with van der Waals surface area (Å²) in [6.45, 7) is -0.119. The summed E-state index contributed by atoms with van der Waals surface area (Å²) in [6, 6.07) is 3.69. The summed E-state index contributed by atoms with van der Waals surface area (Å²) in [5.41, 5.74) is 7.27. The molecule has 1 amide bonds. The molecule has 1 fully saturated rings. The molecule has 1 aliphatic rings. The van der Waals surface area contributed by atoms with Crippen LogP contribution in [0.15, 0.2) is 29.8 Å². The molecule has 3 unspecified atom stereocenters. The standard InChI is InChI=1S/C20H20ClF2N5O2S/c1-28-18(17-5-4-14(24)13(23)8-30-17)15(7-25-28)26-19(29)16-9-31-20(27-16)11-3-2-10(21)6-12(11)22/h2-3,6-7,9,13-14,17H,4-5,8,24H2,1H3,(H,26,29). The molecule has 1 aliphatic heterocycles. The van der Waals surface area contributed by atoms with E-state index in [0.29, 0.717) is 29.2 Å². The van der Waals surface area contributed by atoms with Crippen LogP contribution in [-0.4, -0.2) is 39.5 Å². The van der Waals surface area contributed by atoms with Crippen LogP contribution in [0.1, 0.15) is 35.1 Å². The second kappa shape index (κ2) is 8.99. The number of halogens is 3. The van der Waals surface area contributed by atoms with Gasteiger partial charge in [-0.25, -0.2) is 13.8 Å². The van der Waals surface area contributed by atoms with Crippen molar-refractivity contribution in [1.29, 1.82) is 0 Å². The Morgan fingerprint density at radius 3 is 3.00 bits per heavy atom. The Morgan fingerprint density at radius 2 is 2.23 bits per heavy atom. The molecule has 4 rings (SSSR count). The number of nitrogens with zero attached hydrogens (tertiary/aromatic N) is 3. The molecular weight excluding hydrogens is 448 g/mol. The number of nitrogens with one attached hydrogen (secondary N) is 1. The van der Waals surface area contributed by atoms with Crippen LogP contribution in [0.3, 0.4) is 0 Å². The summed E-state index contributed by atoms with van der Waals surface area (Å²) >= 11 is 6.94. The summed E-state index contributed by atoms with van der Waals surface area (Å²) in [7, 11) is 1.72. The Hall–Kier alpha value is -2.40. The van der Waals surface area contributed by atoms with Crippen molar-refractivity contribution >= 4 is 34.5 Å². The monoisotopic (exact) mass is 467 g/mol. The van der Waals surface area contributed by atoms with Gasteiger partial charge >= 0.3 is 0 Å². The smallest absolute Gasteiger partial charge is 0.275 e. The van der Waals surface area contributed by atoms with Crippen LogP contribution in [0, 0.1) is 5.82 Å². The zero-order chi connectivity index (χ0) is 22.1. The van der Waals surface area contributed by atoms with E-state index < -0.39 is 30.0 Å². The summed E-state index contributed by atoms with van der Waals surface area (Å²) in [4.78, 5) is 17.0. The fraction of sp³-hybridized carbons (Fsp3) is 0.350. The Balaban J connectivity index is 1.53. The van der Waals surface area contributed by atoms with Crippen molar-refractivity contribution in [2.24, 2.45) is 12.8 Å². The summed E-state index contributed by atoms with van der Waals surface area (Å²) in [5, 5.41) is 9.16. The van der Waals surface area contributed by atoms with Gasteiger partial charge in [0.2, 0.25) is 0 Å². The van der Waals surface area contributed by atoms with Gasteiger partial charge in [-0.15, -0.1) is 11.3 Å². The Labute approximate surface area is 186 Å². The SMILES string of the molecule is Cn1ncc(NC(=O)c2csc(-c3ccc(Cl)cc3F)n2)c1C1CCC(N)C(F)CO1. The molecule has 0 spiro atoms. The van der Waals surface area contributed by atoms with E-state index in [4.69, 9.17) is 22.1 Å². The molecule has 3 atom stereocenters. The number of aromatic nitrogens is 3. The summed E-state index contributed by atoms with van der Waals surface area (Å²) in [6.07, 6.45) is 0.759. The van der Waals surface area contributed by atoms with Crippen LogP contribution in [0.25, 0.3) is 10.6 Å². The van der Waals surface area contributed by atoms with E-state index >= 15 is 0 Å². The molecule has 3 aromatic rings. The van der Waals surface area contributed by atoms with Gasteiger partial charge in [0.15, 0.2) is 0 Å². The second-order valence-corrected chi connectivity index (χ2v) is 8.56. The van der Waals surface area contributed by atoms with Gasteiger partial charge in [0.05, 0.1) is 24.2 Å². The zero-order valence-corrected chi connectivity index (χ0v) is 18.1. The van der Waals surface area contributed by atoms with Crippen LogP contribution in [0.5, 0.6) is 0 Å². The van der Waals surface area contributed by atoms with Crippen molar-refractivity contribution < 1.29 is 18.3 Å².